The lowest BCUT2D eigenvalue weighted by Crippen LogP contribution is -2.18. The van der Waals surface area contributed by atoms with E-state index in [1.165, 1.54) is 0 Å². The van der Waals surface area contributed by atoms with Gasteiger partial charge in [0, 0.05) is 11.0 Å². The topological polar surface area (TPSA) is 9.23 Å². The Hall–Kier alpha value is -1.22. The van der Waals surface area contributed by atoms with Crippen LogP contribution in [0.3, 0.4) is 0 Å². The molecule has 1 heterocycles. The van der Waals surface area contributed by atoms with Crippen molar-refractivity contribution in [2.24, 2.45) is 5.41 Å². The summed E-state index contributed by atoms with van der Waals surface area (Å²) < 4.78 is 30.9. The number of benzene rings is 1. The molecule has 1 aromatic rings. The molecule has 1 aliphatic heterocycles. The second-order valence-electron chi connectivity index (χ2n) is 4.56. The van der Waals surface area contributed by atoms with Crippen LogP contribution in [0.25, 0.3) is 0 Å². The fraction of sp³-hybridized carbons (Fsp3) is 0.385. The summed E-state index contributed by atoms with van der Waals surface area (Å²) in [4.78, 5) is 0. The van der Waals surface area contributed by atoms with E-state index in [9.17, 15) is 8.78 Å². The molecule has 1 aromatic carbocycles. The third-order valence-electron chi connectivity index (χ3n) is 3.16. The monoisotopic (exact) mass is 224 g/mol. The summed E-state index contributed by atoms with van der Waals surface area (Å²) in [6.07, 6.45) is -1.89. The molecule has 1 unspecified atom stereocenters. The van der Waals surface area contributed by atoms with Gasteiger partial charge in [0.25, 0.3) is 6.08 Å². The Bertz CT molecular complexity index is 405. The zero-order valence-electron chi connectivity index (χ0n) is 9.34. The minimum Gasteiger partial charge on any atom is -0.368 e. The van der Waals surface area contributed by atoms with Crippen LogP contribution >= 0.6 is 0 Å². The number of ether oxygens (including phenoxy) is 1. The van der Waals surface area contributed by atoms with Gasteiger partial charge in [-0.2, -0.15) is 8.78 Å². The fourth-order valence-corrected chi connectivity index (χ4v) is 2.16. The highest BCUT2D eigenvalue weighted by atomic mass is 19.3. The lowest BCUT2D eigenvalue weighted by molar-refractivity contribution is 0.0640. The predicted octanol–water partition coefficient (Wildman–Crippen LogP) is 3.93. The molecular formula is C13H14F2O. The second-order valence-corrected chi connectivity index (χ2v) is 4.56. The van der Waals surface area contributed by atoms with E-state index in [0.29, 0.717) is 0 Å². The highest BCUT2D eigenvalue weighted by molar-refractivity contribution is 5.28. The first-order valence-corrected chi connectivity index (χ1v) is 5.24. The Morgan fingerprint density at radius 2 is 1.88 bits per heavy atom. The number of rotatable bonds is 1. The number of hydrogen-bond acceptors (Lipinski definition) is 1. The van der Waals surface area contributed by atoms with Gasteiger partial charge in [0.1, 0.15) is 0 Å². The molecule has 1 fully saturated rings. The first-order valence-electron chi connectivity index (χ1n) is 5.24. The molecule has 1 aliphatic rings. The van der Waals surface area contributed by atoms with E-state index in [1.807, 2.05) is 30.3 Å². The normalized spacial score (nSPS) is 23.5. The van der Waals surface area contributed by atoms with Gasteiger partial charge in [0.15, 0.2) is 0 Å². The molecule has 0 aliphatic carbocycles. The molecule has 0 radical (unpaired) electrons. The van der Waals surface area contributed by atoms with Crippen molar-refractivity contribution in [2.45, 2.75) is 20.0 Å². The largest absolute Gasteiger partial charge is 0.368 e. The van der Waals surface area contributed by atoms with Crippen LogP contribution in [-0.4, -0.2) is 6.61 Å². The minimum absolute atomic E-state index is 0.0227. The number of hydrogen-bond donors (Lipinski definition) is 0. The quantitative estimate of drug-likeness (QED) is 0.702. The first-order chi connectivity index (χ1) is 7.53. The second kappa shape index (κ2) is 3.98. The zero-order valence-corrected chi connectivity index (χ0v) is 9.34. The van der Waals surface area contributed by atoms with Gasteiger partial charge < -0.3 is 4.74 Å². The van der Waals surface area contributed by atoms with E-state index in [-0.39, 0.29) is 18.3 Å². The van der Waals surface area contributed by atoms with Crippen molar-refractivity contribution in [3.8, 4) is 0 Å². The van der Waals surface area contributed by atoms with Crippen molar-refractivity contribution in [1.82, 2.24) is 0 Å². The highest BCUT2D eigenvalue weighted by Crippen LogP contribution is 2.49. The average Bonchev–Trinajstić information content (AvgIpc) is 2.55. The molecule has 1 nitrogen and oxygen atoms in total. The summed E-state index contributed by atoms with van der Waals surface area (Å²) >= 11 is 0. The van der Waals surface area contributed by atoms with Crippen LogP contribution in [0.15, 0.2) is 42.0 Å². The molecule has 86 valence electrons. The highest BCUT2D eigenvalue weighted by Gasteiger charge is 2.43. The molecule has 16 heavy (non-hydrogen) atoms. The van der Waals surface area contributed by atoms with E-state index in [4.69, 9.17) is 4.74 Å². The van der Waals surface area contributed by atoms with Crippen molar-refractivity contribution < 1.29 is 13.5 Å². The average molecular weight is 224 g/mol. The molecule has 2 rings (SSSR count). The van der Waals surface area contributed by atoms with Crippen LogP contribution in [0, 0.1) is 5.41 Å². The summed E-state index contributed by atoms with van der Waals surface area (Å²) in [6, 6.07) is 9.50. The van der Waals surface area contributed by atoms with Crippen LogP contribution in [0.2, 0.25) is 0 Å². The summed E-state index contributed by atoms with van der Waals surface area (Å²) in [6.45, 7) is 3.62. The van der Waals surface area contributed by atoms with E-state index >= 15 is 0 Å². The standard InChI is InChI=1S/C13H14F2O/c1-13(2)10(12(14)15)8-16-11(13)9-6-4-3-5-7-9/h3-7,11H,8H2,1-2H3. The third-order valence-corrected chi connectivity index (χ3v) is 3.16. The molecule has 1 atom stereocenters. The van der Waals surface area contributed by atoms with Gasteiger partial charge >= 0.3 is 0 Å². The Labute approximate surface area is 93.7 Å². The molecule has 3 heteroatoms. The molecule has 0 amide bonds. The molecule has 0 aromatic heterocycles. The summed E-state index contributed by atoms with van der Waals surface area (Å²) in [5.41, 5.74) is 0.422. The summed E-state index contributed by atoms with van der Waals surface area (Å²) in [5, 5.41) is 0. The van der Waals surface area contributed by atoms with Crippen LogP contribution in [0.1, 0.15) is 25.5 Å². The Kier molecular flexibility index (Phi) is 2.80. The van der Waals surface area contributed by atoms with E-state index in [2.05, 4.69) is 0 Å². The lowest BCUT2D eigenvalue weighted by atomic mass is 9.79. The van der Waals surface area contributed by atoms with Crippen molar-refractivity contribution in [3.05, 3.63) is 47.5 Å². The van der Waals surface area contributed by atoms with Gasteiger partial charge in [-0.15, -0.1) is 0 Å². The summed E-state index contributed by atoms with van der Waals surface area (Å²) in [7, 11) is 0. The fourth-order valence-electron chi connectivity index (χ4n) is 2.16. The lowest BCUT2D eigenvalue weighted by Gasteiger charge is -2.26. The predicted molar refractivity (Wildman–Crippen MR) is 58.2 cm³/mol. The van der Waals surface area contributed by atoms with Gasteiger partial charge in [-0.3, -0.25) is 0 Å². The van der Waals surface area contributed by atoms with Crippen molar-refractivity contribution >= 4 is 0 Å². The maximum absolute atomic E-state index is 12.7. The SMILES string of the molecule is CC1(C)C(=C(F)F)COC1c1ccccc1. The van der Waals surface area contributed by atoms with Gasteiger partial charge in [0.2, 0.25) is 0 Å². The van der Waals surface area contributed by atoms with E-state index in [0.717, 1.165) is 5.56 Å². The maximum atomic E-state index is 12.7. The van der Waals surface area contributed by atoms with Gasteiger partial charge in [-0.05, 0) is 5.56 Å². The van der Waals surface area contributed by atoms with Crippen LogP contribution < -0.4 is 0 Å². The maximum Gasteiger partial charge on any atom is 0.272 e. The molecule has 0 spiro atoms. The third kappa shape index (κ3) is 1.76. The van der Waals surface area contributed by atoms with Gasteiger partial charge in [-0.1, -0.05) is 44.2 Å². The molecule has 0 bridgehead atoms. The molecule has 1 saturated heterocycles. The smallest absolute Gasteiger partial charge is 0.272 e. The van der Waals surface area contributed by atoms with Gasteiger partial charge in [0.05, 0.1) is 12.7 Å². The Morgan fingerprint density at radius 3 is 2.38 bits per heavy atom. The van der Waals surface area contributed by atoms with Crippen LogP contribution in [-0.2, 0) is 4.74 Å². The van der Waals surface area contributed by atoms with Crippen molar-refractivity contribution in [2.75, 3.05) is 6.61 Å². The molecular weight excluding hydrogens is 210 g/mol. The van der Waals surface area contributed by atoms with Gasteiger partial charge in [-0.25, -0.2) is 0 Å². The van der Waals surface area contributed by atoms with E-state index < -0.39 is 11.5 Å². The Morgan fingerprint density at radius 1 is 1.25 bits per heavy atom. The number of halogens is 2. The van der Waals surface area contributed by atoms with Crippen molar-refractivity contribution in [3.63, 3.8) is 0 Å². The zero-order chi connectivity index (χ0) is 11.8. The van der Waals surface area contributed by atoms with Crippen LogP contribution in [0.5, 0.6) is 0 Å². The minimum atomic E-state index is -1.61. The molecule has 0 N–H and O–H groups in total. The Balaban J connectivity index is 2.37. The van der Waals surface area contributed by atoms with E-state index in [1.54, 1.807) is 13.8 Å². The summed E-state index contributed by atoms with van der Waals surface area (Å²) in [5.74, 6) is 0. The van der Waals surface area contributed by atoms with Crippen LogP contribution in [0.4, 0.5) is 8.78 Å². The first kappa shape index (κ1) is 11.3. The van der Waals surface area contributed by atoms with Crippen molar-refractivity contribution in [1.29, 1.82) is 0 Å². The molecule has 0 saturated carbocycles.